The maximum Gasteiger partial charge on any atom is 0.278 e. The molecule has 0 saturated carbocycles. The van der Waals surface area contributed by atoms with Crippen LogP contribution in [0.2, 0.25) is 0 Å². The fraction of sp³-hybridized carbons (Fsp3) is 0.143. The summed E-state index contributed by atoms with van der Waals surface area (Å²) in [6, 6.07) is 22.1. The molecule has 0 saturated heterocycles. The summed E-state index contributed by atoms with van der Waals surface area (Å²) in [5, 5.41) is 12.7. The van der Waals surface area contributed by atoms with Crippen LogP contribution in [0.15, 0.2) is 71.3 Å². The molecule has 2 aromatic heterocycles. The Morgan fingerprint density at radius 1 is 0.815 bits per heavy atom. The summed E-state index contributed by atoms with van der Waals surface area (Å²) in [6.07, 6.45) is 1.02. The Kier molecular flexibility index (Phi) is 3.86. The molecule has 0 atom stereocenters. The smallest absolute Gasteiger partial charge is 0.278 e. The summed E-state index contributed by atoms with van der Waals surface area (Å²) in [5.74, 6) is 1.78. The minimum Gasteiger partial charge on any atom is -0.350 e. The van der Waals surface area contributed by atoms with Crippen LogP contribution in [0, 0.1) is 0 Å². The minimum atomic E-state index is 0.372. The van der Waals surface area contributed by atoms with Crippen molar-refractivity contribution in [3.05, 3.63) is 77.9 Å². The number of nitrogens with zero attached hydrogens (tertiary/aromatic N) is 5. The summed E-state index contributed by atoms with van der Waals surface area (Å²) in [4.78, 5) is 6.67. The van der Waals surface area contributed by atoms with Crippen LogP contribution in [0.1, 0.15) is 11.1 Å². The average molecular weight is 355 g/mol. The van der Waals surface area contributed by atoms with Crippen molar-refractivity contribution in [1.29, 1.82) is 0 Å². The Morgan fingerprint density at radius 3 is 2.44 bits per heavy atom. The van der Waals surface area contributed by atoms with Crippen LogP contribution >= 0.6 is 0 Å². The zero-order valence-electron chi connectivity index (χ0n) is 14.6. The van der Waals surface area contributed by atoms with Crippen LogP contribution < -0.4 is 4.90 Å². The number of anilines is 1. The molecule has 0 amide bonds. The number of hydrogen-bond donors (Lipinski definition) is 0. The molecule has 0 fully saturated rings. The first kappa shape index (κ1) is 15.7. The van der Waals surface area contributed by atoms with Crippen molar-refractivity contribution in [2.75, 3.05) is 11.4 Å². The van der Waals surface area contributed by atoms with Crippen molar-refractivity contribution >= 4 is 5.82 Å². The van der Waals surface area contributed by atoms with Gasteiger partial charge in [-0.25, -0.2) is 0 Å². The van der Waals surface area contributed by atoms with E-state index in [1.54, 1.807) is 0 Å². The summed E-state index contributed by atoms with van der Waals surface area (Å²) in [7, 11) is 0. The van der Waals surface area contributed by atoms with E-state index in [4.69, 9.17) is 4.52 Å². The molecule has 1 aliphatic rings. The highest BCUT2D eigenvalue weighted by Crippen LogP contribution is 2.24. The Labute approximate surface area is 156 Å². The van der Waals surface area contributed by atoms with Crippen LogP contribution in [-0.4, -0.2) is 26.9 Å². The number of fused-ring (bicyclic) bond motifs is 1. The topological polar surface area (TPSA) is 67.9 Å². The maximum absolute atomic E-state index is 5.36. The van der Waals surface area contributed by atoms with Crippen LogP contribution in [-0.2, 0) is 13.0 Å². The molecule has 3 heterocycles. The first-order chi connectivity index (χ1) is 13.4. The molecule has 2 aromatic carbocycles. The molecule has 4 aromatic rings. The minimum absolute atomic E-state index is 0.372. The van der Waals surface area contributed by atoms with Gasteiger partial charge in [0.2, 0.25) is 5.82 Å². The standard InChI is InChI=1S/C21H17N5O/c1-2-7-16(8-3-1)20-22-21(27-25-20)18-10-11-19(24-23-18)26-13-12-15-6-4-5-9-17(15)14-26/h1-11H,12-14H2. The highest BCUT2D eigenvalue weighted by atomic mass is 16.5. The van der Waals surface area contributed by atoms with Crippen molar-refractivity contribution in [3.63, 3.8) is 0 Å². The quantitative estimate of drug-likeness (QED) is 0.557. The van der Waals surface area contributed by atoms with Gasteiger partial charge < -0.3 is 9.42 Å². The SMILES string of the molecule is c1ccc(-c2noc(-c3ccc(N4CCc5ccccc5C4)nn3)n2)cc1. The molecule has 5 rings (SSSR count). The Morgan fingerprint density at radius 2 is 1.63 bits per heavy atom. The average Bonchev–Trinajstić information content (AvgIpc) is 3.24. The van der Waals surface area contributed by atoms with Crippen molar-refractivity contribution in [2.24, 2.45) is 0 Å². The molecule has 6 nitrogen and oxygen atoms in total. The molecular weight excluding hydrogens is 338 g/mol. The third-order valence-corrected chi connectivity index (χ3v) is 4.78. The highest BCUT2D eigenvalue weighted by Gasteiger charge is 2.18. The van der Waals surface area contributed by atoms with Crippen LogP contribution in [0.3, 0.4) is 0 Å². The second-order valence-corrected chi connectivity index (χ2v) is 6.51. The Balaban J connectivity index is 1.36. The summed E-state index contributed by atoms with van der Waals surface area (Å²) in [5.41, 5.74) is 4.24. The molecule has 0 unspecified atom stereocenters. The number of benzene rings is 2. The second kappa shape index (κ2) is 6.64. The van der Waals surface area contributed by atoms with Gasteiger partial charge in [0.05, 0.1) is 0 Å². The van der Waals surface area contributed by atoms with E-state index in [1.807, 2.05) is 42.5 Å². The van der Waals surface area contributed by atoms with Crippen molar-refractivity contribution in [2.45, 2.75) is 13.0 Å². The third-order valence-electron chi connectivity index (χ3n) is 4.78. The van der Waals surface area contributed by atoms with E-state index in [1.165, 1.54) is 11.1 Å². The van der Waals surface area contributed by atoms with Gasteiger partial charge in [0, 0.05) is 18.7 Å². The van der Waals surface area contributed by atoms with Gasteiger partial charge in [-0.15, -0.1) is 10.2 Å². The van der Waals surface area contributed by atoms with E-state index < -0.39 is 0 Å². The monoisotopic (exact) mass is 355 g/mol. The van der Waals surface area contributed by atoms with E-state index in [0.717, 1.165) is 30.9 Å². The lowest BCUT2D eigenvalue weighted by molar-refractivity contribution is 0.430. The first-order valence-electron chi connectivity index (χ1n) is 8.92. The van der Waals surface area contributed by atoms with Gasteiger partial charge >= 0.3 is 0 Å². The van der Waals surface area contributed by atoms with Crippen molar-refractivity contribution < 1.29 is 4.52 Å². The van der Waals surface area contributed by atoms with Crippen molar-refractivity contribution in [3.8, 4) is 23.0 Å². The van der Waals surface area contributed by atoms with E-state index in [0.29, 0.717) is 17.4 Å². The molecule has 1 aliphatic heterocycles. The van der Waals surface area contributed by atoms with Crippen LogP contribution in [0.25, 0.3) is 23.0 Å². The fourth-order valence-corrected chi connectivity index (χ4v) is 3.33. The summed E-state index contributed by atoms with van der Waals surface area (Å²) >= 11 is 0. The number of rotatable bonds is 3. The third kappa shape index (κ3) is 3.06. The van der Waals surface area contributed by atoms with E-state index in [9.17, 15) is 0 Å². The van der Waals surface area contributed by atoms with Gasteiger partial charge in [-0.3, -0.25) is 0 Å². The lowest BCUT2D eigenvalue weighted by Crippen LogP contribution is -2.31. The zero-order valence-corrected chi connectivity index (χ0v) is 14.6. The predicted molar refractivity (Wildman–Crippen MR) is 102 cm³/mol. The first-order valence-corrected chi connectivity index (χ1v) is 8.92. The Bertz CT molecular complexity index is 1060. The fourth-order valence-electron chi connectivity index (χ4n) is 3.33. The number of hydrogen-bond acceptors (Lipinski definition) is 6. The molecule has 0 radical (unpaired) electrons. The van der Waals surface area contributed by atoms with E-state index >= 15 is 0 Å². The van der Waals surface area contributed by atoms with Gasteiger partial charge in [-0.05, 0) is 29.7 Å². The summed E-state index contributed by atoms with van der Waals surface area (Å²) in [6.45, 7) is 1.78. The molecule has 0 N–H and O–H groups in total. The van der Waals surface area contributed by atoms with Crippen molar-refractivity contribution in [1.82, 2.24) is 20.3 Å². The van der Waals surface area contributed by atoms with Crippen LogP contribution in [0.5, 0.6) is 0 Å². The zero-order chi connectivity index (χ0) is 18.1. The molecule has 0 spiro atoms. The Hall–Kier alpha value is -3.54. The van der Waals surface area contributed by atoms with Gasteiger partial charge in [0.15, 0.2) is 11.5 Å². The predicted octanol–water partition coefficient (Wildman–Crippen LogP) is 3.76. The van der Waals surface area contributed by atoms with E-state index in [-0.39, 0.29) is 0 Å². The highest BCUT2D eigenvalue weighted by molar-refractivity contribution is 5.58. The van der Waals surface area contributed by atoms with Gasteiger partial charge in [-0.2, -0.15) is 4.98 Å². The molecular formula is C21H17N5O. The maximum atomic E-state index is 5.36. The summed E-state index contributed by atoms with van der Waals surface area (Å²) < 4.78 is 5.36. The molecule has 0 aliphatic carbocycles. The van der Waals surface area contributed by atoms with Gasteiger partial charge in [-0.1, -0.05) is 59.8 Å². The molecule has 0 bridgehead atoms. The normalized spacial score (nSPS) is 13.4. The molecule has 27 heavy (non-hydrogen) atoms. The molecule has 6 heteroatoms. The van der Waals surface area contributed by atoms with Gasteiger partial charge in [0.1, 0.15) is 0 Å². The molecule has 132 valence electrons. The van der Waals surface area contributed by atoms with Gasteiger partial charge in [0.25, 0.3) is 5.89 Å². The van der Waals surface area contributed by atoms with E-state index in [2.05, 4.69) is 49.5 Å². The number of aromatic nitrogens is 4. The largest absolute Gasteiger partial charge is 0.350 e. The lowest BCUT2D eigenvalue weighted by Gasteiger charge is -2.29. The second-order valence-electron chi connectivity index (χ2n) is 6.51. The lowest BCUT2D eigenvalue weighted by atomic mass is 10.00. The van der Waals surface area contributed by atoms with Crippen LogP contribution in [0.4, 0.5) is 5.82 Å².